The number of halogens is 1. The number of carbonyl (C=O) groups excluding carboxylic acids is 1. The Morgan fingerprint density at radius 2 is 1.97 bits per heavy atom. The van der Waals surface area contributed by atoms with Crippen molar-refractivity contribution in [2.45, 2.75) is 36.1 Å². The molecular weight excluding hydrogens is 439 g/mol. The predicted octanol–water partition coefficient (Wildman–Crippen LogP) is 1.50. The normalized spacial score (nSPS) is 20.7. The minimum atomic E-state index is -3.96. The highest BCUT2D eigenvalue weighted by Crippen LogP contribution is 2.24. The fourth-order valence-corrected chi connectivity index (χ4v) is 4.69. The number of nitrogens with one attached hydrogen (secondary N) is 2. The Bertz CT molecular complexity index is 1080. The molecule has 0 unspecified atom stereocenters. The summed E-state index contributed by atoms with van der Waals surface area (Å²) in [5.74, 6) is -0.523. The van der Waals surface area contributed by atoms with Gasteiger partial charge in [0, 0.05) is 6.54 Å². The molecule has 1 amide bonds. The summed E-state index contributed by atoms with van der Waals surface area (Å²) in [5.41, 5.74) is 0.623. The van der Waals surface area contributed by atoms with Gasteiger partial charge in [-0.3, -0.25) is 4.79 Å². The van der Waals surface area contributed by atoms with Crippen molar-refractivity contribution in [3.8, 4) is 5.75 Å². The molecule has 0 bridgehead atoms. The van der Waals surface area contributed by atoms with Crippen LogP contribution in [0, 0.1) is 5.82 Å². The van der Waals surface area contributed by atoms with E-state index >= 15 is 0 Å². The molecule has 0 saturated heterocycles. The van der Waals surface area contributed by atoms with Crippen molar-refractivity contribution >= 4 is 15.9 Å². The van der Waals surface area contributed by atoms with E-state index in [1.807, 2.05) is 0 Å². The number of benzene rings is 2. The van der Waals surface area contributed by atoms with Crippen molar-refractivity contribution in [2.24, 2.45) is 0 Å². The number of rotatable bonds is 9. The predicted molar refractivity (Wildman–Crippen MR) is 115 cm³/mol. The summed E-state index contributed by atoms with van der Waals surface area (Å²) in [6.45, 7) is -0.289. The third-order valence-corrected chi connectivity index (χ3v) is 6.38. The van der Waals surface area contributed by atoms with Crippen molar-refractivity contribution in [3.05, 3.63) is 72.1 Å². The minimum absolute atomic E-state index is 0.0334. The topological polar surface area (TPSA) is 114 Å². The number of para-hydroxylation sites is 1. The monoisotopic (exact) mass is 464 g/mol. The summed E-state index contributed by atoms with van der Waals surface area (Å²) in [6.07, 6.45) is 1.57. The van der Waals surface area contributed by atoms with Gasteiger partial charge in [0.2, 0.25) is 15.9 Å². The van der Waals surface area contributed by atoms with Crippen LogP contribution in [0.5, 0.6) is 5.75 Å². The molecule has 10 heteroatoms. The maximum absolute atomic E-state index is 13.2. The Morgan fingerprint density at radius 1 is 1.19 bits per heavy atom. The second-order valence-electron chi connectivity index (χ2n) is 7.19. The Hall–Kier alpha value is -2.79. The van der Waals surface area contributed by atoms with Gasteiger partial charge in [-0.2, -0.15) is 0 Å². The number of ether oxygens (including phenoxy) is 2. The highest BCUT2D eigenvalue weighted by molar-refractivity contribution is 7.89. The number of hydrogen-bond donors (Lipinski definition) is 3. The number of hydrogen-bond acceptors (Lipinski definition) is 6. The molecule has 2 aromatic carbocycles. The SMILES string of the molecule is COc1ccccc1S(=O)(=O)N[C@@H]1C=C[C@H](CC(=O)NCc2cccc(F)c2)O[C@@H]1CO. The van der Waals surface area contributed by atoms with Gasteiger partial charge in [0.15, 0.2) is 0 Å². The van der Waals surface area contributed by atoms with Crippen molar-refractivity contribution in [2.75, 3.05) is 13.7 Å². The fraction of sp³-hybridized carbons (Fsp3) is 0.318. The van der Waals surface area contributed by atoms with Gasteiger partial charge in [-0.15, -0.1) is 0 Å². The largest absolute Gasteiger partial charge is 0.495 e. The molecule has 1 heterocycles. The number of amides is 1. The van der Waals surface area contributed by atoms with Crippen LogP contribution in [0.15, 0.2) is 65.6 Å². The zero-order valence-electron chi connectivity index (χ0n) is 17.4. The van der Waals surface area contributed by atoms with Crippen molar-refractivity contribution in [1.29, 1.82) is 0 Å². The molecule has 0 fully saturated rings. The molecule has 8 nitrogen and oxygen atoms in total. The molecule has 0 spiro atoms. The van der Waals surface area contributed by atoms with E-state index in [1.54, 1.807) is 36.4 Å². The van der Waals surface area contributed by atoms with Gasteiger partial charge in [-0.1, -0.05) is 36.4 Å². The summed E-state index contributed by atoms with van der Waals surface area (Å²) in [7, 11) is -2.58. The van der Waals surface area contributed by atoms with Gasteiger partial charge < -0.3 is 19.9 Å². The number of carbonyl (C=O) groups is 1. The second-order valence-corrected chi connectivity index (χ2v) is 8.87. The number of sulfonamides is 1. The lowest BCUT2D eigenvalue weighted by Crippen LogP contribution is -2.49. The van der Waals surface area contributed by atoms with Crippen molar-refractivity contribution in [3.63, 3.8) is 0 Å². The lowest BCUT2D eigenvalue weighted by Gasteiger charge is -2.31. The van der Waals surface area contributed by atoms with E-state index in [0.717, 1.165) is 0 Å². The van der Waals surface area contributed by atoms with Crippen LogP contribution in [-0.2, 0) is 26.1 Å². The van der Waals surface area contributed by atoms with Crippen LogP contribution in [0.25, 0.3) is 0 Å². The van der Waals surface area contributed by atoms with Crippen LogP contribution >= 0.6 is 0 Å². The summed E-state index contributed by atoms with van der Waals surface area (Å²) >= 11 is 0. The van der Waals surface area contributed by atoms with Crippen LogP contribution in [0.4, 0.5) is 4.39 Å². The van der Waals surface area contributed by atoms with E-state index in [2.05, 4.69) is 10.0 Å². The van der Waals surface area contributed by atoms with Crippen molar-refractivity contribution < 1.29 is 32.2 Å². The number of aliphatic hydroxyl groups is 1. The standard InChI is InChI=1S/C22H25FN2O6S/c1-30-19-7-2-3-8-21(19)32(28,29)25-18-10-9-17(31-20(18)14-26)12-22(27)24-13-15-5-4-6-16(23)11-15/h2-11,17-18,20,25-26H,12-14H2,1H3,(H,24,27)/t17-,18-,20-/m1/s1. The van der Waals surface area contributed by atoms with E-state index in [9.17, 15) is 22.7 Å². The summed E-state index contributed by atoms with van der Waals surface area (Å²) in [4.78, 5) is 12.2. The van der Waals surface area contributed by atoms with Gasteiger partial charge in [0.05, 0.1) is 32.3 Å². The molecule has 1 aliphatic heterocycles. The minimum Gasteiger partial charge on any atom is -0.495 e. The van der Waals surface area contributed by atoms with Crippen LogP contribution in [0.3, 0.4) is 0 Å². The average molecular weight is 465 g/mol. The molecule has 0 radical (unpaired) electrons. The zero-order chi connectivity index (χ0) is 23.1. The molecule has 3 rings (SSSR count). The van der Waals surface area contributed by atoms with Crippen LogP contribution in [0.2, 0.25) is 0 Å². The maximum Gasteiger partial charge on any atom is 0.244 e. The summed E-state index contributed by atoms with van der Waals surface area (Å²) in [5, 5.41) is 12.4. The van der Waals surface area contributed by atoms with Crippen LogP contribution in [-0.4, -0.2) is 51.4 Å². The molecule has 3 atom stereocenters. The van der Waals surface area contributed by atoms with Gasteiger partial charge in [-0.05, 0) is 29.8 Å². The number of aliphatic hydroxyl groups excluding tert-OH is 1. The second kappa shape index (κ2) is 10.7. The molecule has 32 heavy (non-hydrogen) atoms. The van der Waals surface area contributed by atoms with E-state index < -0.39 is 34.9 Å². The van der Waals surface area contributed by atoms with Gasteiger partial charge in [-0.25, -0.2) is 17.5 Å². The summed E-state index contributed by atoms with van der Waals surface area (Å²) in [6, 6.07) is 11.2. The lowest BCUT2D eigenvalue weighted by molar-refractivity contribution is -0.125. The first-order valence-electron chi connectivity index (χ1n) is 9.93. The quantitative estimate of drug-likeness (QED) is 0.485. The van der Waals surface area contributed by atoms with Gasteiger partial charge in [0.1, 0.15) is 22.6 Å². The Labute approximate surface area is 186 Å². The molecular formula is C22H25FN2O6S. The molecule has 1 aliphatic rings. The first kappa shape index (κ1) is 23.9. The van der Waals surface area contributed by atoms with Gasteiger partial charge in [0.25, 0.3) is 0 Å². The molecule has 2 aromatic rings. The third-order valence-electron chi connectivity index (χ3n) is 4.88. The third kappa shape index (κ3) is 6.13. The zero-order valence-corrected chi connectivity index (χ0v) is 18.2. The highest BCUT2D eigenvalue weighted by atomic mass is 32.2. The maximum atomic E-state index is 13.2. The first-order valence-corrected chi connectivity index (χ1v) is 11.4. The molecule has 0 aromatic heterocycles. The van der Waals surface area contributed by atoms with Crippen LogP contribution in [0.1, 0.15) is 12.0 Å². The summed E-state index contributed by atoms with van der Waals surface area (Å²) < 4.78 is 52.1. The Balaban J connectivity index is 1.61. The molecule has 0 saturated carbocycles. The Morgan fingerprint density at radius 3 is 2.69 bits per heavy atom. The smallest absolute Gasteiger partial charge is 0.244 e. The Kier molecular flexibility index (Phi) is 7.97. The van der Waals surface area contributed by atoms with E-state index in [4.69, 9.17) is 9.47 Å². The van der Waals surface area contributed by atoms with Gasteiger partial charge >= 0.3 is 0 Å². The first-order chi connectivity index (χ1) is 15.3. The molecule has 172 valence electrons. The van der Waals surface area contributed by atoms with Crippen LogP contribution < -0.4 is 14.8 Å². The van der Waals surface area contributed by atoms with E-state index in [0.29, 0.717) is 5.56 Å². The molecule has 0 aliphatic carbocycles. The number of methoxy groups -OCH3 is 1. The van der Waals surface area contributed by atoms with E-state index in [1.165, 1.54) is 31.4 Å². The van der Waals surface area contributed by atoms with Crippen molar-refractivity contribution in [1.82, 2.24) is 10.0 Å². The fourth-order valence-electron chi connectivity index (χ4n) is 3.30. The average Bonchev–Trinajstić information content (AvgIpc) is 2.78. The highest BCUT2D eigenvalue weighted by Gasteiger charge is 2.32. The lowest BCUT2D eigenvalue weighted by atomic mass is 10.1. The van der Waals surface area contributed by atoms with E-state index in [-0.39, 0.29) is 35.3 Å². The molecule has 3 N–H and O–H groups in total.